The lowest BCUT2D eigenvalue weighted by Gasteiger charge is -2.16. The van der Waals surface area contributed by atoms with Crippen molar-refractivity contribution in [1.29, 1.82) is 0 Å². The molecular formula is C8H10Cl2N4O2S. The van der Waals surface area contributed by atoms with Gasteiger partial charge in [0.05, 0.1) is 11.0 Å². The van der Waals surface area contributed by atoms with Crippen molar-refractivity contribution in [3.63, 3.8) is 0 Å². The van der Waals surface area contributed by atoms with E-state index in [1.165, 1.54) is 11.3 Å². The quantitative estimate of drug-likeness (QED) is 0.476. The van der Waals surface area contributed by atoms with E-state index in [4.69, 9.17) is 23.2 Å². The molecule has 0 aliphatic rings. The third-order valence-corrected chi connectivity index (χ3v) is 3.36. The van der Waals surface area contributed by atoms with Crippen LogP contribution in [0.15, 0.2) is 18.2 Å². The van der Waals surface area contributed by atoms with Gasteiger partial charge in [-0.2, -0.15) is 0 Å². The fraction of sp³-hybridized carbons (Fsp3) is 0.375. The van der Waals surface area contributed by atoms with Crippen molar-refractivity contribution in [2.75, 3.05) is 12.9 Å². The van der Waals surface area contributed by atoms with E-state index in [-0.39, 0.29) is 17.7 Å². The van der Waals surface area contributed by atoms with E-state index >= 15 is 0 Å². The molecule has 0 saturated heterocycles. The van der Waals surface area contributed by atoms with Crippen LogP contribution >= 0.6 is 34.5 Å². The van der Waals surface area contributed by atoms with Gasteiger partial charge in [0.15, 0.2) is 10.3 Å². The Hall–Kier alpha value is -1.05. The summed E-state index contributed by atoms with van der Waals surface area (Å²) in [6.45, 7) is 0. The van der Waals surface area contributed by atoms with Gasteiger partial charge in [-0.25, -0.2) is 4.98 Å². The van der Waals surface area contributed by atoms with Crippen LogP contribution in [-0.4, -0.2) is 22.8 Å². The highest BCUT2D eigenvalue weighted by molar-refractivity contribution is 7.15. The molecule has 9 heteroatoms. The third kappa shape index (κ3) is 4.37. The SMILES string of the molecule is CN/C(=C\[N+](=O)[O-])NC(CCl)c1cnc(Cl)s1. The maximum atomic E-state index is 10.4. The Balaban J connectivity index is 2.79. The highest BCUT2D eigenvalue weighted by Gasteiger charge is 2.15. The zero-order valence-electron chi connectivity index (χ0n) is 8.81. The molecule has 94 valence electrons. The first-order chi connectivity index (χ1) is 8.06. The summed E-state index contributed by atoms with van der Waals surface area (Å²) in [6.07, 6.45) is 2.43. The molecule has 1 rings (SSSR count). The molecule has 0 fully saturated rings. The minimum absolute atomic E-state index is 0.245. The summed E-state index contributed by atoms with van der Waals surface area (Å²) in [7, 11) is 1.58. The van der Waals surface area contributed by atoms with Gasteiger partial charge in [0.1, 0.15) is 0 Å². The molecule has 0 spiro atoms. The second-order valence-corrected chi connectivity index (χ2v) is 4.90. The van der Waals surface area contributed by atoms with Gasteiger partial charge >= 0.3 is 0 Å². The minimum atomic E-state index is -0.552. The third-order valence-electron chi connectivity index (χ3n) is 1.83. The highest BCUT2D eigenvalue weighted by Crippen LogP contribution is 2.25. The van der Waals surface area contributed by atoms with Gasteiger partial charge in [-0.15, -0.1) is 22.9 Å². The van der Waals surface area contributed by atoms with Crippen LogP contribution in [0.5, 0.6) is 0 Å². The van der Waals surface area contributed by atoms with E-state index in [2.05, 4.69) is 15.6 Å². The monoisotopic (exact) mass is 296 g/mol. The molecule has 1 aromatic heterocycles. The lowest BCUT2D eigenvalue weighted by Crippen LogP contribution is -2.29. The maximum Gasteiger partial charge on any atom is 0.274 e. The predicted octanol–water partition coefficient (Wildman–Crippen LogP) is 1.96. The van der Waals surface area contributed by atoms with E-state index < -0.39 is 4.92 Å². The highest BCUT2D eigenvalue weighted by atomic mass is 35.5. The van der Waals surface area contributed by atoms with Crippen LogP contribution in [0.1, 0.15) is 10.9 Å². The lowest BCUT2D eigenvalue weighted by molar-refractivity contribution is -0.404. The van der Waals surface area contributed by atoms with Crippen LogP contribution in [0.3, 0.4) is 0 Å². The predicted molar refractivity (Wildman–Crippen MR) is 67.9 cm³/mol. The van der Waals surface area contributed by atoms with Gasteiger partial charge in [-0.3, -0.25) is 10.1 Å². The van der Waals surface area contributed by atoms with Crippen molar-refractivity contribution in [2.45, 2.75) is 6.04 Å². The van der Waals surface area contributed by atoms with Crippen LogP contribution in [0.4, 0.5) is 0 Å². The van der Waals surface area contributed by atoms with Crippen LogP contribution in [0.2, 0.25) is 4.47 Å². The summed E-state index contributed by atoms with van der Waals surface area (Å²) in [6, 6.07) is -0.277. The fourth-order valence-electron chi connectivity index (χ4n) is 1.08. The van der Waals surface area contributed by atoms with Gasteiger partial charge in [0.25, 0.3) is 6.20 Å². The van der Waals surface area contributed by atoms with Crippen LogP contribution < -0.4 is 10.6 Å². The molecular weight excluding hydrogens is 287 g/mol. The Bertz CT molecular complexity index is 423. The number of nitro groups is 1. The average Bonchev–Trinajstić information content (AvgIpc) is 2.70. The number of alkyl halides is 1. The first kappa shape index (κ1) is 14.0. The fourth-order valence-corrected chi connectivity index (χ4v) is 2.42. The number of nitrogens with one attached hydrogen (secondary N) is 2. The minimum Gasteiger partial charge on any atom is -0.370 e. The van der Waals surface area contributed by atoms with E-state index in [0.717, 1.165) is 11.1 Å². The largest absolute Gasteiger partial charge is 0.370 e. The number of halogens is 2. The summed E-state index contributed by atoms with van der Waals surface area (Å²) in [5.41, 5.74) is 0. The molecule has 1 heterocycles. The molecule has 0 saturated carbocycles. The molecule has 0 radical (unpaired) electrons. The van der Waals surface area contributed by atoms with E-state index in [1.807, 2.05) is 0 Å². The van der Waals surface area contributed by atoms with Gasteiger partial charge in [-0.1, -0.05) is 11.6 Å². The molecule has 1 atom stereocenters. The van der Waals surface area contributed by atoms with Crippen molar-refractivity contribution in [3.05, 3.63) is 37.7 Å². The Morgan fingerprint density at radius 2 is 2.53 bits per heavy atom. The summed E-state index contributed by atoms with van der Waals surface area (Å²) in [4.78, 5) is 14.5. The number of hydrogen-bond donors (Lipinski definition) is 2. The molecule has 0 amide bonds. The normalized spacial score (nSPS) is 13.2. The smallest absolute Gasteiger partial charge is 0.274 e. The van der Waals surface area contributed by atoms with Crippen molar-refractivity contribution < 1.29 is 4.92 Å². The number of hydrogen-bond acceptors (Lipinski definition) is 6. The Morgan fingerprint density at radius 3 is 2.94 bits per heavy atom. The van der Waals surface area contributed by atoms with Gasteiger partial charge in [-0.05, 0) is 0 Å². The molecule has 0 aromatic carbocycles. The van der Waals surface area contributed by atoms with Crippen molar-refractivity contribution in [2.24, 2.45) is 0 Å². The van der Waals surface area contributed by atoms with Crippen LogP contribution in [-0.2, 0) is 0 Å². The summed E-state index contributed by atoms with van der Waals surface area (Å²) >= 11 is 12.8. The number of rotatable bonds is 6. The van der Waals surface area contributed by atoms with Gasteiger partial charge in [0.2, 0.25) is 0 Å². The zero-order valence-corrected chi connectivity index (χ0v) is 11.1. The molecule has 6 nitrogen and oxygen atoms in total. The molecule has 2 N–H and O–H groups in total. The number of thiazole rings is 1. The first-order valence-electron chi connectivity index (χ1n) is 4.53. The lowest BCUT2D eigenvalue weighted by atomic mass is 10.3. The van der Waals surface area contributed by atoms with E-state index in [0.29, 0.717) is 4.47 Å². The number of nitrogens with zero attached hydrogens (tertiary/aromatic N) is 2. The standard InChI is InChI=1S/C8H10Cl2N4O2S/c1-11-7(4-14(15)16)13-5(2-9)6-3-12-8(10)17-6/h3-5,11,13H,2H2,1H3/b7-4+. The maximum absolute atomic E-state index is 10.4. The first-order valence-corrected chi connectivity index (χ1v) is 6.26. The second kappa shape index (κ2) is 6.63. The topological polar surface area (TPSA) is 80.1 Å². The molecule has 17 heavy (non-hydrogen) atoms. The van der Waals surface area contributed by atoms with Crippen molar-refractivity contribution >= 4 is 34.5 Å². The molecule has 0 bridgehead atoms. The Labute approximate surface area is 112 Å². The molecule has 1 aromatic rings. The van der Waals surface area contributed by atoms with Crippen LogP contribution in [0, 0.1) is 10.1 Å². The summed E-state index contributed by atoms with van der Waals surface area (Å²) in [5.74, 6) is 0.514. The van der Waals surface area contributed by atoms with Gasteiger partial charge < -0.3 is 10.6 Å². The average molecular weight is 297 g/mol. The molecule has 0 aliphatic heterocycles. The van der Waals surface area contributed by atoms with Gasteiger partial charge in [0, 0.05) is 24.0 Å². The van der Waals surface area contributed by atoms with Crippen LogP contribution in [0.25, 0.3) is 0 Å². The Kier molecular flexibility index (Phi) is 5.46. The number of aromatic nitrogens is 1. The summed E-state index contributed by atoms with van der Waals surface area (Å²) in [5, 5.41) is 15.9. The molecule has 1 unspecified atom stereocenters. The van der Waals surface area contributed by atoms with E-state index in [1.54, 1.807) is 13.2 Å². The van der Waals surface area contributed by atoms with E-state index in [9.17, 15) is 10.1 Å². The van der Waals surface area contributed by atoms with Crippen molar-refractivity contribution in [1.82, 2.24) is 15.6 Å². The Morgan fingerprint density at radius 1 is 1.82 bits per heavy atom. The molecule has 0 aliphatic carbocycles. The zero-order chi connectivity index (χ0) is 12.8. The summed E-state index contributed by atoms with van der Waals surface area (Å²) < 4.78 is 0.404. The van der Waals surface area contributed by atoms with Crippen molar-refractivity contribution in [3.8, 4) is 0 Å². The second-order valence-electron chi connectivity index (χ2n) is 2.94.